The van der Waals surface area contributed by atoms with E-state index in [1.807, 2.05) is 32.0 Å². The van der Waals surface area contributed by atoms with Gasteiger partial charge in [0.15, 0.2) is 11.5 Å². The molecule has 0 fully saturated rings. The fraction of sp³-hybridized carbons (Fsp3) is 0.174. The fourth-order valence-corrected chi connectivity index (χ4v) is 3.22. The van der Waals surface area contributed by atoms with E-state index in [1.165, 1.54) is 13.2 Å². The van der Waals surface area contributed by atoms with Crippen molar-refractivity contribution in [2.24, 2.45) is 4.99 Å². The zero-order valence-corrected chi connectivity index (χ0v) is 18.5. The van der Waals surface area contributed by atoms with Crippen LogP contribution >= 0.6 is 11.6 Å². The van der Waals surface area contributed by atoms with Crippen molar-refractivity contribution in [2.45, 2.75) is 20.0 Å². The molecular formula is C23H18ClF3N2O4. The molecule has 0 aliphatic carbocycles. The number of hydrogen-bond acceptors (Lipinski definition) is 5. The minimum Gasteiger partial charge on any atom is -0.493 e. The maximum absolute atomic E-state index is 12.9. The molecule has 172 valence electrons. The molecule has 0 atom stereocenters. The average Bonchev–Trinajstić information content (AvgIpc) is 2.75. The van der Waals surface area contributed by atoms with Gasteiger partial charge in [-0.1, -0.05) is 23.7 Å². The van der Waals surface area contributed by atoms with Gasteiger partial charge in [0.05, 0.1) is 28.3 Å². The van der Waals surface area contributed by atoms with Crippen LogP contribution in [0.15, 0.2) is 53.5 Å². The Labute approximate surface area is 192 Å². The number of rotatable bonds is 6. The summed E-state index contributed by atoms with van der Waals surface area (Å²) < 4.78 is 49.7. The molecule has 0 N–H and O–H groups in total. The van der Waals surface area contributed by atoms with Gasteiger partial charge in [-0.15, -0.1) is 0 Å². The van der Waals surface area contributed by atoms with Gasteiger partial charge in [-0.2, -0.15) is 13.2 Å². The van der Waals surface area contributed by atoms with E-state index in [1.54, 1.807) is 12.3 Å². The van der Waals surface area contributed by atoms with Crippen LogP contribution in [0.1, 0.15) is 22.3 Å². The molecule has 0 saturated carbocycles. The van der Waals surface area contributed by atoms with Crippen LogP contribution in [-0.4, -0.2) is 18.2 Å². The Balaban J connectivity index is 1.98. The number of methoxy groups -OCH3 is 1. The van der Waals surface area contributed by atoms with E-state index in [2.05, 4.69) is 4.99 Å². The van der Waals surface area contributed by atoms with Crippen LogP contribution in [0.5, 0.6) is 17.2 Å². The summed E-state index contributed by atoms with van der Waals surface area (Å²) >= 11 is 6.32. The molecule has 0 aromatic heterocycles. The van der Waals surface area contributed by atoms with Gasteiger partial charge in [-0.3, -0.25) is 15.1 Å². The number of nitro benzene ring substituents is 1. The third kappa shape index (κ3) is 5.43. The minimum atomic E-state index is -4.74. The number of nitro groups is 1. The van der Waals surface area contributed by atoms with Crippen LogP contribution in [0.2, 0.25) is 5.02 Å². The van der Waals surface area contributed by atoms with Gasteiger partial charge in [0.2, 0.25) is 5.75 Å². The number of halogens is 4. The van der Waals surface area contributed by atoms with Crippen LogP contribution in [0, 0.1) is 24.0 Å². The third-order valence-electron chi connectivity index (χ3n) is 4.88. The second-order valence-corrected chi connectivity index (χ2v) is 7.46. The molecule has 0 unspecified atom stereocenters. The van der Waals surface area contributed by atoms with Crippen LogP contribution in [0.3, 0.4) is 0 Å². The molecule has 33 heavy (non-hydrogen) atoms. The molecule has 0 aliphatic rings. The van der Waals surface area contributed by atoms with Crippen molar-refractivity contribution in [1.29, 1.82) is 0 Å². The van der Waals surface area contributed by atoms with Gasteiger partial charge in [0.1, 0.15) is 0 Å². The van der Waals surface area contributed by atoms with Crippen LogP contribution in [-0.2, 0) is 6.18 Å². The molecule has 0 radical (unpaired) electrons. The number of ether oxygens (including phenoxy) is 2. The topological polar surface area (TPSA) is 74.0 Å². The van der Waals surface area contributed by atoms with E-state index in [0.29, 0.717) is 17.7 Å². The zero-order valence-electron chi connectivity index (χ0n) is 17.7. The number of nitrogens with zero attached hydrogens (tertiary/aromatic N) is 2. The summed E-state index contributed by atoms with van der Waals surface area (Å²) in [6, 6.07) is 10.7. The van der Waals surface area contributed by atoms with Crippen LogP contribution < -0.4 is 9.47 Å². The van der Waals surface area contributed by atoms with E-state index in [-0.39, 0.29) is 16.5 Å². The molecule has 6 nitrogen and oxygen atoms in total. The zero-order chi connectivity index (χ0) is 24.3. The molecule has 0 spiro atoms. The van der Waals surface area contributed by atoms with Crippen molar-refractivity contribution in [1.82, 2.24) is 0 Å². The van der Waals surface area contributed by atoms with Crippen LogP contribution in [0.25, 0.3) is 0 Å². The van der Waals surface area contributed by atoms with Crippen molar-refractivity contribution in [3.63, 3.8) is 0 Å². The first-order valence-electron chi connectivity index (χ1n) is 9.52. The fourth-order valence-electron chi connectivity index (χ4n) is 2.97. The molecule has 0 bridgehead atoms. The molecule has 0 saturated heterocycles. The quantitative estimate of drug-likeness (QED) is 0.210. The summed E-state index contributed by atoms with van der Waals surface area (Å²) in [5.74, 6) is -0.366. The molecule has 0 aliphatic heterocycles. The smallest absolute Gasteiger partial charge is 0.416 e. The highest BCUT2D eigenvalue weighted by atomic mass is 35.5. The van der Waals surface area contributed by atoms with Gasteiger partial charge < -0.3 is 9.47 Å². The Morgan fingerprint density at radius 1 is 1.09 bits per heavy atom. The highest BCUT2D eigenvalue weighted by Gasteiger charge is 2.33. The highest BCUT2D eigenvalue weighted by Crippen LogP contribution is 2.43. The number of alkyl halides is 3. The molecule has 0 heterocycles. The van der Waals surface area contributed by atoms with E-state index < -0.39 is 28.1 Å². The molecule has 3 rings (SSSR count). The monoisotopic (exact) mass is 478 g/mol. The summed E-state index contributed by atoms with van der Waals surface area (Å²) in [5, 5.41) is 11.4. The predicted octanol–water partition coefficient (Wildman–Crippen LogP) is 7.44. The number of hydrogen-bond donors (Lipinski definition) is 0. The first kappa shape index (κ1) is 24.1. The number of aryl methyl sites for hydroxylation is 1. The maximum Gasteiger partial charge on any atom is 0.416 e. The predicted molar refractivity (Wildman–Crippen MR) is 119 cm³/mol. The summed E-state index contributed by atoms with van der Waals surface area (Å²) in [6.07, 6.45) is -3.17. The lowest BCUT2D eigenvalue weighted by molar-refractivity contribution is -0.385. The van der Waals surface area contributed by atoms with Crippen molar-refractivity contribution in [3.05, 3.63) is 85.9 Å². The van der Waals surface area contributed by atoms with E-state index in [0.717, 1.165) is 22.9 Å². The Morgan fingerprint density at radius 3 is 2.45 bits per heavy atom. The summed E-state index contributed by atoms with van der Waals surface area (Å²) in [7, 11) is 1.34. The summed E-state index contributed by atoms with van der Waals surface area (Å²) in [5.41, 5.74) is 1.41. The maximum atomic E-state index is 12.9. The molecule has 0 amide bonds. The molecule has 3 aromatic rings. The highest BCUT2D eigenvalue weighted by molar-refractivity contribution is 6.32. The lowest BCUT2D eigenvalue weighted by Gasteiger charge is -2.14. The Hall–Kier alpha value is -3.59. The number of aliphatic imine (C=N–C) groups is 1. The lowest BCUT2D eigenvalue weighted by atomic mass is 10.1. The standard InChI is InChI=1S/C23H18ClF3N2O4/c1-13-5-4-6-18(14(13)2)28-12-15-9-17(24)22(21(10-15)32-3)33-20-8-7-16(23(25,26)27)11-19(20)29(30)31/h4-12H,1-3H3. The second kappa shape index (κ2) is 9.50. The van der Waals surface area contributed by atoms with Gasteiger partial charge in [0, 0.05) is 12.3 Å². The number of benzene rings is 3. The van der Waals surface area contributed by atoms with E-state index >= 15 is 0 Å². The van der Waals surface area contributed by atoms with Crippen LogP contribution in [0.4, 0.5) is 24.5 Å². The van der Waals surface area contributed by atoms with Crippen molar-refractivity contribution in [2.75, 3.05) is 7.11 Å². The minimum absolute atomic E-state index is 0.0333. The van der Waals surface area contributed by atoms with Crippen molar-refractivity contribution < 1.29 is 27.6 Å². The normalized spacial score (nSPS) is 11.6. The molecular weight excluding hydrogens is 461 g/mol. The van der Waals surface area contributed by atoms with Crippen molar-refractivity contribution in [3.8, 4) is 17.2 Å². The lowest BCUT2D eigenvalue weighted by Crippen LogP contribution is -2.06. The average molecular weight is 479 g/mol. The first-order chi connectivity index (χ1) is 15.5. The van der Waals surface area contributed by atoms with Gasteiger partial charge in [-0.05, 0) is 60.9 Å². The SMILES string of the molecule is COc1cc(C=Nc2cccc(C)c2C)cc(Cl)c1Oc1ccc(C(F)(F)F)cc1[N+](=O)[O-]. The largest absolute Gasteiger partial charge is 0.493 e. The van der Waals surface area contributed by atoms with Gasteiger partial charge >= 0.3 is 11.9 Å². The third-order valence-corrected chi connectivity index (χ3v) is 5.16. The first-order valence-corrected chi connectivity index (χ1v) is 9.90. The van der Waals surface area contributed by atoms with Gasteiger partial charge in [0.25, 0.3) is 0 Å². The summed E-state index contributed by atoms with van der Waals surface area (Å²) in [4.78, 5) is 14.8. The van der Waals surface area contributed by atoms with E-state index in [4.69, 9.17) is 21.1 Å². The second-order valence-electron chi connectivity index (χ2n) is 7.05. The summed E-state index contributed by atoms with van der Waals surface area (Å²) in [6.45, 7) is 3.92. The van der Waals surface area contributed by atoms with Gasteiger partial charge in [-0.25, -0.2) is 0 Å². The Bertz CT molecular complexity index is 1240. The molecule has 10 heteroatoms. The van der Waals surface area contributed by atoms with Crippen molar-refractivity contribution >= 4 is 29.2 Å². The molecule has 3 aromatic carbocycles. The Kier molecular flexibility index (Phi) is 6.92. The van der Waals surface area contributed by atoms with E-state index in [9.17, 15) is 23.3 Å². The Morgan fingerprint density at radius 2 is 1.82 bits per heavy atom.